The monoisotopic (exact) mass is 402 g/mol. The number of rotatable bonds is 6. The number of fused-ring (bicyclic) bond motifs is 1. The molecule has 28 heavy (non-hydrogen) atoms. The minimum atomic E-state index is -3.48. The number of imidazole rings is 2. The van der Waals surface area contributed by atoms with E-state index in [0.717, 1.165) is 24.2 Å². The standard InChI is InChI=1S/C18H22N6O3S/c25-28(26,18-9-19-12-20-18)23-7-5-13(6-8-23)11-27-17-4-3-16-21-15(14-1-2-14)10-24(16)22-17/h3-4,9-10,12-14H,1-2,5-8,11H2,(H,19,20). The SMILES string of the molecule is O=S(=O)(c1cnc[nH]1)N1CCC(COc2ccc3nc(C4CC4)cn3n2)CC1. The van der Waals surface area contributed by atoms with Crippen molar-refractivity contribution in [2.75, 3.05) is 19.7 Å². The molecular weight excluding hydrogens is 380 g/mol. The van der Waals surface area contributed by atoms with Crippen molar-refractivity contribution in [2.24, 2.45) is 5.92 Å². The summed E-state index contributed by atoms with van der Waals surface area (Å²) < 4.78 is 34.2. The minimum absolute atomic E-state index is 0.144. The first-order chi connectivity index (χ1) is 13.6. The van der Waals surface area contributed by atoms with Gasteiger partial charge in [0.15, 0.2) is 10.7 Å². The average molecular weight is 402 g/mol. The lowest BCUT2D eigenvalue weighted by Crippen LogP contribution is -2.39. The summed E-state index contributed by atoms with van der Waals surface area (Å²) in [7, 11) is -3.48. The van der Waals surface area contributed by atoms with Gasteiger partial charge in [-0.15, -0.1) is 5.10 Å². The van der Waals surface area contributed by atoms with E-state index in [1.807, 2.05) is 18.3 Å². The third-order valence-corrected chi connectivity index (χ3v) is 7.27. The van der Waals surface area contributed by atoms with Crippen molar-refractivity contribution in [3.05, 3.63) is 36.5 Å². The summed E-state index contributed by atoms with van der Waals surface area (Å²) in [6.45, 7) is 1.49. The Labute approximate surface area is 162 Å². The van der Waals surface area contributed by atoms with E-state index in [-0.39, 0.29) is 5.03 Å². The van der Waals surface area contributed by atoms with Crippen LogP contribution in [0.5, 0.6) is 5.88 Å². The van der Waals surface area contributed by atoms with Crippen molar-refractivity contribution in [3.63, 3.8) is 0 Å². The largest absolute Gasteiger partial charge is 0.476 e. The molecule has 3 aromatic heterocycles. The van der Waals surface area contributed by atoms with Crippen molar-refractivity contribution in [1.82, 2.24) is 28.9 Å². The highest BCUT2D eigenvalue weighted by molar-refractivity contribution is 7.89. The molecular formula is C18H22N6O3S. The van der Waals surface area contributed by atoms with Crippen LogP contribution in [0.4, 0.5) is 0 Å². The van der Waals surface area contributed by atoms with Gasteiger partial charge in [-0.1, -0.05) is 0 Å². The molecule has 1 aliphatic carbocycles. The Kier molecular flexibility index (Phi) is 4.31. The molecule has 0 atom stereocenters. The van der Waals surface area contributed by atoms with E-state index < -0.39 is 10.0 Å². The molecule has 4 heterocycles. The molecule has 0 amide bonds. The summed E-state index contributed by atoms with van der Waals surface area (Å²) >= 11 is 0. The van der Waals surface area contributed by atoms with Crippen LogP contribution in [0.3, 0.4) is 0 Å². The number of H-pyrrole nitrogens is 1. The summed E-state index contributed by atoms with van der Waals surface area (Å²) in [5.41, 5.74) is 1.95. The van der Waals surface area contributed by atoms with Gasteiger partial charge in [-0.2, -0.15) is 4.31 Å². The van der Waals surface area contributed by atoms with Crippen LogP contribution in [0, 0.1) is 5.92 Å². The summed E-state index contributed by atoms with van der Waals surface area (Å²) in [4.78, 5) is 11.1. The number of ether oxygens (including phenoxy) is 1. The van der Waals surface area contributed by atoms with E-state index in [9.17, 15) is 8.42 Å². The molecule has 9 nitrogen and oxygen atoms in total. The fourth-order valence-corrected chi connectivity index (χ4v) is 4.94. The van der Waals surface area contributed by atoms with Crippen LogP contribution in [0.15, 0.2) is 35.9 Å². The first-order valence-corrected chi connectivity index (χ1v) is 11.0. The Morgan fingerprint density at radius 3 is 2.71 bits per heavy atom. The number of hydrogen-bond acceptors (Lipinski definition) is 6. The normalized spacial score (nSPS) is 19.3. The zero-order chi connectivity index (χ0) is 19.1. The highest BCUT2D eigenvalue weighted by Gasteiger charge is 2.30. The van der Waals surface area contributed by atoms with Gasteiger partial charge in [-0.3, -0.25) is 0 Å². The molecule has 3 aromatic rings. The van der Waals surface area contributed by atoms with Gasteiger partial charge in [0.1, 0.15) is 0 Å². The van der Waals surface area contributed by atoms with Crippen LogP contribution in [-0.2, 0) is 10.0 Å². The van der Waals surface area contributed by atoms with Gasteiger partial charge in [-0.05, 0) is 37.7 Å². The summed E-state index contributed by atoms with van der Waals surface area (Å²) in [6.07, 6.45) is 8.64. The van der Waals surface area contributed by atoms with Crippen LogP contribution in [0.25, 0.3) is 5.65 Å². The molecule has 148 valence electrons. The van der Waals surface area contributed by atoms with E-state index in [4.69, 9.17) is 4.74 Å². The summed E-state index contributed by atoms with van der Waals surface area (Å²) in [5.74, 6) is 1.46. The zero-order valence-electron chi connectivity index (χ0n) is 15.4. The molecule has 0 radical (unpaired) electrons. The fourth-order valence-electron chi connectivity index (χ4n) is 3.58. The highest BCUT2D eigenvalue weighted by atomic mass is 32.2. The average Bonchev–Trinajstić information content (AvgIpc) is 3.23. The van der Waals surface area contributed by atoms with Crippen LogP contribution in [-0.4, -0.2) is 57.0 Å². The molecule has 1 saturated carbocycles. The van der Waals surface area contributed by atoms with E-state index in [0.29, 0.717) is 37.4 Å². The number of nitrogens with one attached hydrogen (secondary N) is 1. The molecule has 0 unspecified atom stereocenters. The second-order valence-electron chi connectivity index (χ2n) is 7.49. The van der Waals surface area contributed by atoms with Crippen molar-refractivity contribution >= 4 is 15.7 Å². The first-order valence-electron chi connectivity index (χ1n) is 9.57. The maximum absolute atomic E-state index is 12.5. The Morgan fingerprint density at radius 2 is 2.00 bits per heavy atom. The number of nitrogens with zero attached hydrogens (tertiary/aromatic N) is 5. The number of aromatic nitrogens is 5. The lowest BCUT2D eigenvalue weighted by Gasteiger charge is -2.30. The third kappa shape index (κ3) is 3.37. The molecule has 0 bridgehead atoms. The van der Waals surface area contributed by atoms with Gasteiger partial charge in [0, 0.05) is 25.1 Å². The van der Waals surface area contributed by atoms with Crippen molar-refractivity contribution in [2.45, 2.75) is 36.6 Å². The molecule has 2 fully saturated rings. The number of aromatic amines is 1. The minimum Gasteiger partial charge on any atom is -0.476 e. The topological polar surface area (TPSA) is 105 Å². The Morgan fingerprint density at radius 1 is 1.18 bits per heavy atom. The number of sulfonamides is 1. The van der Waals surface area contributed by atoms with Gasteiger partial charge < -0.3 is 9.72 Å². The predicted molar refractivity (Wildman–Crippen MR) is 101 cm³/mol. The molecule has 0 spiro atoms. The second kappa shape index (κ2) is 6.85. The Balaban J connectivity index is 1.17. The molecule has 1 saturated heterocycles. The van der Waals surface area contributed by atoms with Crippen molar-refractivity contribution < 1.29 is 13.2 Å². The molecule has 5 rings (SSSR count). The quantitative estimate of drug-likeness (QED) is 0.674. The molecule has 0 aromatic carbocycles. The van der Waals surface area contributed by atoms with E-state index in [1.54, 1.807) is 4.52 Å². The van der Waals surface area contributed by atoms with Gasteiger partial charge in [0.2, 0.25) is 5.88 Å². The van der Waals surface area contributed by atoms with Crippen LogP contribution >= 0.6 is 0 Å². The maximum Gasteiger partial charge on any atom is 0.260 e. The van der Waals surface area contributed by atoms with Crippen molar-refractivity contribution in [1.29, 1.82) is 0 Å². The summed E-state index contributed by atoms with van der Waals surface area (Å²) in [5, 5.41) is 4.64. The van der Waals surface area contributed by atoms with Crippen LogP contribution < -0.4 is 4.74 Å². The highest BCUT2D eigenvalue weighted by Crippen LogP contribution is 2.39. The molecule has 1 aliphatic heterocycles. The smallest absolute Gasteiger partial charge is 0.260 e. The number of hydrogen-bond donors (Lipinski definition) is 1. The number of piperidine rings is 1. The first kappa shape index (κ1) is 17.6. The molecule has 10 heteroatoms. The van der Waals surface area contributed by atoms with Crippen LogP contribution in [0.2, 0.25) is 0 Å². The second-order valence-corrected chi connectivity index (χ2v) is 9.40. The zero-order valence-corrected chi connectivity index (χ0v) is 16.2. The fraction of sp³-hybridized carbons (Fsp3) is 0.500. The maximum atomic E-state index is 12.5. The molecule has 1 N–H and O–H groups in total. The van der Waals surface area contributed by atoms with E-state index in [1.165, 1.54) is 29.7 Å². The van der Waals surface area contributed by atoms with Crippen molar-refractivity contribution in [3.8, 4) is 5.88 Å². The Hall–Kier alpha value is -2.46. The van der Waals surface area contributed by atoms with Gasteiger partial charge in [-0.25, -0.2) is 22.9 Å². The van der Waals surface area contributed by atoms with Gasteiger partial charge in [0.25, 0.3) is 10.0 Å². The molecule has 2 aliphatic rings. The van der Waals surface area contributed by atoms with Gasteiger partial charge in [0.05, 0.1) is 31.0 Å². The van der Waals surface area contributed by atoms with E-state index >= 15 is 0 Å². The summed E-state index contributed by atoms with van der Waals surface area (Å²) in [6, 6.07) is 3.77. The lowest BCUT2D eigenvalue weighted by molar-refractivity contribution is 0.179. The lowest BCUT2D eigenvalue weighted by atomic mass is 9.99. The third-order valence-electron chi connectivity index (χ3n) is 5.44. The van der Waals surface area contributed by atoms with Gasteiger partial charge >= 0.3 is 0 Å². The van der Waals surface area contributed by atoms with E-state index in [2.05, 4.69) is 20.1 Å². The van der Waals surface area contributed by atoms with Crippen LogP contribution in [0.1, 0.15) is 37.3 Å². The Bertz CT molecular complexity index is 1070. The predicted octanol–water partition coefficient (Wildman–Crippen LogP) is 1.81.